The number of carboxylic acid groups (broad SMARTS) is 1. The summed E-state index contributed by atoms with van der Waals surface area (Å²) in [5.74, 6) is -1.03. The molecule has 0 atom stereocenters. The maximum absolute atomic E-state index is 12.5. The zero-order valence-corrected chi connectivity index (χ0v) is 11.0. The molecule has 5 nitrogen and oxygen atoms in total. The Morgan fingerprint density at radius 3 is 2.33 bits per heavy atom. The van der Waals surface area contributed by atoms with Crippen LogP contribution in [0.25, 0.3) is 0 Å². The highest BCUT2D eigenvalue weighted by Gasteiger charge is 2.30. The zero-order valence-electron chi connectivity index (χ0n) is 11.0. The van der Waals surface area contributed by atoms with E-state index in [0.29, 0.717) is 11.1 Å². The van der Waals surface area contributed by atoms with Crippen LogP contribution in [0.15, 0.2) is 24.3 Å². The van der Waals surface area contributed by atoms with Crippen LogP contribution in [0.1, 0.15) is 27.2 Å². The predicted molar refractivity (Wildman–Crippen MR) is 68.9 cm³/mol. The van der Waals surface area contributed by atoms with E-state index in [1.807, 2.05) is 0 Å². The van der Waals surface area contributed by atoms with Crippen LogP contribution < -0.4 is 5.73 Å². The van der Waals surface area contributed by atoms with Crippen molar-refractivity contribution in [2.45, 2.75) is 19.6 Å². The van der Waals surface area contributed by atoms with Crippen molar-refractivity contribution in [3.05, 3.63) is 46.6 Å². The first-order chi connectivity index (χ1) is 9.70. The summed E-state index contributed by atoms with van der Waals surface area (Å²) in [5.41, 5.74) is 5.69. The average molecular weight is 299 g/mol. The summed E-state index contributed by atoms with van der Waals surface area (Å²) in [6.45, 7) is 1.62. The molecule has 0 fully saturated rings. The Bertz CT molecular complexity index is 675. The number of halogens is 3. The Labute approximate surface area is 117 Å². The van der Waals surface area contributed by atoms with Crippen molar-refractivity contribution >= 4 is 11.8 Å². The molecule has 0 radical (unpaired) electrons. The lowest BCUT2D eigenvalue weighted by atomic mass is 10.1. The van der Waals surface area contributed by atoms with Crippen molar-refractivity contribution in [1.82, 2.24) is 9.78 Å². The zero-order chi connectivity index (χ0) is 15.8. The van der Waals surface area contributed by atoms with E-state index in [1.54, 1.807) is 0 Å². The highest BCUT2D eigenvalue weighted by Crippen LogP contribution is 2.29. The number of aromatic carboxylic acids is 1. The van der Waals surface area contributed by atoms with Gasteiger partial charge < -0.3 is 10.8 Å². The van der Waals surface area contributed by atoms with Crippen LogP contribution in [0.2, 0.25) is 0 Å². The van der Waals surface area contributed by atoms with Gasteiger partial charge >= 0.3 is 12.1 Å². The van der Waals surface area contributed by atoms with E-state index in [1.165, 1.54) is 23.7 Å². The molecule has 0 bridgehead atoms. The summed E-state index contributed by atoms with van der Waals surface area (Å²) < 4.78 is 38.6. The molecule has 2 aromatic rings. The third-order valence-electron chi connectivity index (χ3n) is 3.05. The van der Waals surface area contributed by atoms with Gasteiger partial charge in [0.1, 0.15) is 5.82 Å². The van der Waals surface area contributed by atoms with Gasteiger partial charge in [-0.05, 0) is 24.6 Å². The average Bonchev–Trinajstić information content (AvgIpc) is 2.67. The molecule has 0 aliphatic heterocycles. The number of carboxylic acids is 1. The summed E-state index contributed by atoms with van der Waals surface area (Å²) in [4.78, 5) is 10.9. The van der Waals surface area contributed by atoms with Crippen molar-refractivity contribution < 1.29 is 23.1 Å². The van der Waals surface area contributed by atoms with Gasteiger partial charge in [0, 0.05) is 5.56 Å². The predicted octanol–water partition coefficient (Wildman–Crippen LogP) is 2.54. The van der Waals surface area contributed by atoms with Crippen LogP contribution in [0.3, 0.4) is 0 Å². The Morgan fingerprint density at radius 1 is 1.33 bits per heavy atom. The van der Waals surface area contributed by atoms with Gasteiger partial charge in [-0.2, -0.15) is 18.3 Å². The number of hydrogen-bond donors (Lipinski definition) is 2. The van der Waals surface area contributed by atoms with Gasteiger partial charge in [-0.3, -0.25) is 0 Å². The molecular formula is C13H12F3N3O2. The monoisotopic (exact) mass is 299 g/mol. The van der Waals surface area contributed by atoms with E-state index in [9.17, 15) is 18.0 Å². The van der Waals surface area contributed by atoms with Crippen LogP contribution in [-0.4, -0.2) is 20.9 Å². The highest BCUT2D eigenvalue weighted by molar-refractivity contribution is 5.88. The number of anilines is 1. The minimum absolute atomic E-state index is 0.0953. The van der Waals surface area contributed by atoms with Crippen molar-refractivity contribution in [3.8, 4) is 0 Å². The lowest BCUT2D eigenvalue weighted by Crippen LogP contribution is -2.08. The quantitative estimate of drug-likeness (QED) is 0.912. The largest absolute Gasteiger partial charge is 0.476 e. The molecule has 1 heterocycles. The van der Waals surface area contributed by atoms with E-state index >= 15 is 0 Å². The van der Waals surface area contributed by atoms with Crippen LogP contribution in [0.5, 0.6) is 0 Å². The van der Waals surface area contributed by atoms with Crippen molar-refractivity contribution in [2.24, 2.45) is 0 Å². The number of carbonyl (C=O) groups is 1. The van der Waals surface area contributed by atoms with E-state index in [2.05, 4.69) is 5.10 Å². The molecule has 1 aromatic heterocycles. The van der Waals surface area contributed by atoms with Crippen LogP contribution >= 0.6 is 0 Å². The first kappa shape index (κ1) is 14.9. The molecule has 21 heavy (non-hydrogen) atoms. The molecule has 2 rings (SSSR count). The fraction of sp³-hybridized carbons (Fsp3) is 0.231. The van der Waals surface area contributed by atoms with Gasteiger partial charge in [0.2, 0.25) is 0 Å². The Hall–Kier alpha value is -2.51. The number of nitrogen functional groups attached to an aromatic ring is 1. The van der Waals surface area contributed by atoms with E-state index < -0.39 is 17.7 Å². The first-order valence-corrected chi connectivity index (χ1v) is 5.92. The molecule has 8 heteroatoms. The number of nitrogens with two attached hydrogens (primary N) is 1. The molecule has 3 N–H and O–H groups in total. The third kappa shape index (κ3) is 2.99. The molecule has 1 aromatic carbocycles. The lowest BCUT2D eigenvalue weighted by Gasteiger charge is -2.08. The minimum Gasteiger partial charge on any atom is -0.476 e. The van der Waals surface area contributed by atoms with Crippen molar-refractivity contribution in [2.75, 3.05) is 5.73 Å². The van der Waals surface area contributed by atoms with Gasteiger partial charge in [0.15, 0.2) is 5.69 Å². The van der Waals surface area contributed by atoms with E-state index in [4.69, 9.17) is 10.8 Å². The summed E-state index contributed by atoms with van der Waals surface area (Å²) in [6, 6.07) is 4.53. The van der Waals surface area contributed by atoms with Crippen molar-refractivity contribution in [3.63, 3.8) is 0 Å². The smallest absolute Gasteiger partial charge is 0.416 e. The standard InChI is InChI=1S/C13H12F3N3O2/c1-7-10(12(20)21)18-19(11(7)17)6-8-2-4-9(5-3-8)13(14,15)16/h2-5H,6,17H2,1H3,(H,20,21). The van der Waals surface area contributed by atoms with Gasteiger partial charge in [-0.25, -0.2) is 9.48 Å². The van der Waals surface area contributed by atoms with Crippen LogP contribution in [-0.2, 0) is 12.7 Å². The highest BCUT2D eigenvalue weighted by atomic mass is 19.4. The first-order valence-electron chi connectivity index (χ1n) is 5.92. The van der Waals surface area contributed by atoms with Gasteiger partial charge in [-0.15, -0.1) is 0 Å². The normalized spacial score (nSPS) is 11.6. The summed E-state index contributed by atoms with van der Waals surface area (Å²) >= 11 is 0. The molecule has 0 amide bonds. The second-order valence-corrected chi connectivity index (χ2v) is 4.52. The Balaban J connectivity index is 2.27. The van der Waals surface area contributed by atoms with Crippen LogP contribution in [0, 0.1) is 6.92 Å². The molecule has 0 saturated heterocycles. The lowest BCUT2D eigenvalue weighted by molar-refractivity contribution is -0.137. The maximum atomic E-state index is 12.5. The molecule has 0 saturated carbocycles. The molecule has 0 spiro atoms. The van der Waals surface area contributed by atoms with Gasteiger partial charge in [-0.1, -0.05) is 12.1 Å². The summed E-state index contributed by atoms with van der Waals surface area (Å²) in [6.07, 6.45) is -4.39. The fourth-order valence-corrected chi connectivity index (χ4v) is 1.86. The molecule has 0 aliphatic rings. The van der Waals surface area contributed by atoms with Gasteiger partial charge in [0.05, 0.1) is 12.1 Å². The summed E-state index contributed by atoms with van der Waals surface area (Å²) in [7, 11) is 0. The molecular weight excluding hydrogens is 287 g/mol. The van der Waals surface area contributed by atoms with Crippen molar-refractivity contribution in [1.29, 1.82) is 0 Å². The molecule has 0 aliphatic carbocycles. The minimum atomic E-state index is -4.39. The Morgan fingerprint density at radius 2 is 1.90 bits per heavy atom. The Kier molecular flexibility index (Phi) is 3.63. The molecule has 112 valence electrons. The number of nitrogens with zero attached hydrogens (tertiary/aromatic N) is 2. The number of rotatable bonds is 3. The van der Waals surface area contributed by atoms with E-state index in [-0.39, 0.29) is 18.1 Å². The maximum Gasteiger partial charge on any atom is 0.416 e. The fourth-order valence-electron chi connectivity index (χ4n) is 1.86. The summed E-state index contributed by atoms with van der Waals surface area (Å²) in [5, 5.41) is 12.8. The number of alkyl halides is 3. The molecule has 0 unspecified atom stereocenters. The van der Waals surface area contributed by atoms with Gasteiger partial charge in [0.25, 0.3) is 0 Å². The van der Waals surface area contributed by atoms with Crippen LogP contribution in [0.4, 0.5) is 19.0 Å². The third-order valence-corrected chi connectivity index (χ3v) is 3.05. The SMILES string of the molecule is Cc1c(C(=O)O)nn(Cc2ccc(C(F)(F)F)cc2)c1N. The van der Waals surface area contributed by atoms with E-state index in [0.717, 1.165) is 12.1 Å². The number of aromatic nitrogens is 2. The number of hydrogen-bond acceptors (Lipinski definition) is 3. The topological polar surface area (TPSA) is 81.1 Å². The second kappa shape index (κ2) is 5.12. The number of benzene rings is 1. The second-order valence-electron chi connectivity index (χ2n) is 4.52.